The molecule has 0 bridgehead atoms. The molecule has 0 saturated carbocycles. The van der Waals surface area contributed by atoms with Crippen molar-refractivity contribution < 1.29 is 4.79 Å². The summed E-state index contributed by atoms with van der Waals surface area (Å²) in [6.07, 6.45) is 0. The van der Waals surface area contributed by atoms with E-state index in [1.54, 1.807) is 35.6 Å². The molecule has 0 radical (unpaired) electrons. The van der Waals surface area contributed by atoms with E-state index < -0.39 is 11.6 Å². The van der Waals surface area contributed by atoms with Gasteiger partial charge < -0.3 is 0 Å². The summed E-state index contributed by atoms with van der Waals surface area (Å²) in [5.41, 5.74) is 0.908. The predicted molar refractivity (Wildman–Crippen MR) is 97.6 cm³/mol. The van der Waals surface area contributed by atoms with Crippen molar-refractivity contribution in [1.82, 2.24) is 19.7 Å². The van der Waals surface area contributed by atoms with E-state index in [0.29, 0.717) is 10.8 Å². The minimum atomic E-state index is -0.515. The molecule has 0 fully saturated rings. The van der Waals surface area contributed by atoms with Gasteiger partial charge in [-0.1, -0.05) is 24.3 Å². The molecule has 124 valence electrons. The van der Waals surface area contributed by atoms with Gasteiger partial charge in [0, 0.05) is 5.38 Å². The molecule has 4 rings (SSSR count). The zero-order valence-corrected chi connectivity index (χ0v) is 14.3. The lowest BCUT2D eigenvalue weighted by atomic mass is 10.3. The van der Waals surface area contributed by atoms with Crippen LogP contribution in [0.1, 0.15) is 10.6 Å². The molecule has 0 aliphatic rings. The Morgan fingerprint density at radius 1 is 1.12 bits per heavy atom. The molecule has 1 aromatic carbocycles. The minimum Gasteiger partial charge on any atom is -0.295 e. The molecule has 3 aromatic heterocycles. The lowest BCUT2D eigenvalue weighted by Crippen LogP contribution is -2.15. The van der Waals surface area contributed by atoms with Crippen LogP contribution in [0.3, 0.4) is 0 Å². The summed E-state index contributed by atoms with van der Waals surface area (Å²) >= 11 is 2.89. The first kappa shape index (κ1) is 15.5. The number of rotatable bonds is 4. The third-order valence-corrected chi connectivity index (χ3v) is 4.98. The van der Waals surface area contributed by atoms with Crippen molar-refractivity contribution in [3.05, 3.63) is 69.5 Å². The van der Waals surface area contributed by atoms with Gasteiger partial charge in [0.05, 0.1) is 16.3 Å². The van der Waals surface area contributed by atoms with Crippen molar-refractivity contribution in [3.8, 4) is 16.3 Å². The van der Waals surface area contributed by atoms with Crippen molar-refractivity contribution in [2.75, 3.05) is 5.32 Å². The molecule has 7 nitrogen and oxygen atoms in total. The zero-order valence-electron chi connectivity index (χ0n) is 12.7. The van der Waals surface area contributed by atoms with E-state index in [1.807, 2.05) is 29.0 Å². The number of benzene rings is 1. The van der Waals surface area contributed by atoms with Crippen LogP contribution in [0.4, 0.5) is 5.13 Å². The first-order valence-corrected chi connectivity index (χ1v) is 9.02. The van der Waals surface area contributed by atoms with Crippen LogP contribution in [0.15, 0.2) is 58.0 Å². The standard InChI is InChI=1S/C16H11N5O2S2/c22-14(19-15-17-11(9-25-15)12-7-4-8-24-12)13-18-16(23)21(20-13)10-5-2-1-3-6-10/h1-9H,(H,17,19,22)(H,18,20,23). The molecule has 0 atom stereocenters. The molecule has 4 aromatic rings. The van der Waals surface area contributed by atoms with E-state index in [1.165, 1.54) is 11.3 Å². The van der Waals surface area contributed by atoms with Crippen LogP contribution in [0.5, 0.6) is 0 Å². The number of hydrogen-bond donors (Lipinski definition) is 2. The van der Waals surface area contributed by atoms with Gasteiger partial charge in [0.25, 0.3) is 5.91 Å². The number of H-pyrrole nitrogens is 1. The Kier molecular flexibility index (Phi) is 4.00. The number of thiazole rings is 1. The summed E-state index contributed by atoms with van der Waals surface area (Å²) < 4.78 is 1.15. The van der Waals surface area contributed by atoms with Gasteiger partial charge >= 0.3 is 5.69 Å². The molecule has 0 unspecified atom stereocenters. The number of nitrogens with one attached hydrogen (secondary N) is 2. The van der Waals surface area contributed by atoms with Gasteiger partial charge in [0.1, 0.15) is 0 Å². The molecule has 0 aliphatic carbocycles. The Hall–Kier alpha value is -3.04. The molecule has 0 saturated heterocycles. The predicted octanol–water partition coefficient (Wildman–Crippen LogP) is 3.00. The zero-order chi connectivity index (χ0) is 17.2. The van der Waals surface area contributed by atoms with Crippen molar-refractivity contribution in [1.29, 1.82) is 0 Å². The minimum absolute atomic E-state index is 0.0678. The van der Waals surface area contributed by atoms with Crippen LogP contribution in [0, 0.1) is 0 Å². The first-order chi connectivity index (χ1) is 12.2. The number of thiophene rings is 1. The van der Waals surface area contributed by atoms with E-state index >= 15 is 0 Å². The summed E-state index contributed by atoms with van der Waals surface area (Å²) in [6, 6.07) is 12.8. The van der Waals surface area contributed by atoms with Crippen LogP contribution in [-0.2, 0) is 0 Å². The fraction of sp³-hybridized carbons (Fsp3) is 0. The fourth-order valence-electron chi connectivity index (χ4n) is 2.20. The highest BCUT2D eigenvalue weighted by atomic mass is 32.1. The van der Waals surface area contributed by atoms with Crippen LogP contribution in [-0.4, -0.2) is 25.7 Å². The van der Waals surface area contributed by atoms with Crippen LogP contribution in [0.25, 0.3) is 16.3 Å². The maximum absolute atomic E-state index is 12.3. The van der Waals surface area contributed by atoms with Gasteiger partial charge in [0.2, 0.25) is 5.82 Å². The Balaban J connectivity index is 1.55. The van der Waals surface area contributed by atoms with Gasteiger partial charge in [-0.25, -0.2) is 9.78 Å². The number of anilines is 1. The van der Waals surface area contributed by atoms with Gasteiger partial charge in [-0.05, 0) is 23.6 Å². The average Bonchev–Trinajstić information content (AvgIpc) is 3.35. The first-order valence-electron chi connectivity index (χ1n) is 7.26. The number of aromatic nitrogens is 4. The van der Waals surface area contributed by atoms with E-state index in [0.717, 1.165) is 15.3 Å². The van der Waals surface area contributed by atoms with Crippen LogP contribution in [0.2, 0.25) is 0 Å². The number of hydrogen-bond acceptors (Lipinski definition) is 6. The second-order valence-corrected chi connectivity index (χ2v) is 6.80. The van der Waals surface area contributed by atoms with E-state index in [9.17, 15) is 9.59 Å². The number of para-hydroxylation sites is 1. The normalized spacial score (nSPS) is 10.7. The Labute approximate surface area is 149 Å². The Bertz CT molecular complexity index is 1060. The maximum Gasteiger partial charge on any atom is 0.348 e. The quantitative estimate of drug-likeness (QED) is 0.578. The molecule has 1 amide bonds. The smallest absolute Gasteiger partial charge is 0.295 e. The molecule has 2 N–H and O–H groups in total. The molecular weight excluding hydrogens is 358 g/mol. The van der Waals surface area contributed by atoms with E-state index in [4.69, 9.17) is 0 Å². The molecule has 0 spiro atoms. The summed E-state index contributed by atoms with van der Waals surface area (Å²) in [7, 11) is 0. The summed E-state index contributed by atoms with van der Waals surface area (Å²) in [4.78, 5) is 32.2. The molecule has 0 aliphatic heterocycles. The van der Waals surface area contributed by atoms with Crippen molar-refractivity contribution in [3.63, 3.8) is 0 Å². The number of amides is 1. The van der Waals surface area contributed by atoms with Crippen molar-refractivity contribution >= 4 is 33.7 Å². The van der Waals surface area contributed by atoms with Crippen molar-refractivity contribution in [2.45, 2.75) is 0 Å². The average molecular weight is 369 g/mol. The maximum atomic E-state index is 12.3. The van der Waals surface area contributed by atoms with Gasteiger partial charge in [0.15, 0.2) is 5.13 Å². The van der Waals surface area contributed by atoms with Gasteiger partial charge in [-0.2, -0.15) is 4.68 Å². The fourth-order valence-corrected chi connectivity index (χ4v) is 3.66. The highest BCUT2D eigenvalue weighted by Gasteiger charge is 2.16. The second-order valence-electron chi connectivity index (χ2n) is 5.00. The van der Waals surface area contributed by atoms with Crippen LogP contribution >= 0.6 is 22.7 Å². The van der Waals surface area contributed by atoms with E-state index in [2.05, 4.69) is 20.4 Å². The second kappa shape index (κ2) is 6.46. The highest BCUT2D eigenvalue weighted by molar-refractivity contribution is 7.16. The molecule has 3 heterocycles. The van der Waals surface area contributed by atoms with E-state index in [-0.39, 0.29) is 5.82 Å². The van der Waals surface area contributed by atoms with Crippen molar-refractivity contribution in [2.24, 2.45) is 0 Å². The van der Waals surface area contributed by atoms with Gasteiger partial charge in [-0.3, -0.25) is 15.1 Å². The number of carbonyl (C=O) groups excluding carboxylic acids is 1. The summed E-state index contributed by atoms with van der Waals surface area (Å²) in [6.45, 7) is 0. The van der Waals surface area contributed by atoms with Crippen LogP contribution < -0.4 is 11.0 Å². The third-order valence-electron chi connectivity index (χ3n) is 3.33. The van der Waals surface area contributed by atoms with Gasteiger partial charge in [-0.15, -0.1) is 27.8 Å². The molecule has 9 heteroatoms. The Morgan fingerprint density at radius 2 is 1.96 bits per heavy atom. The monoisotopic (exact) mass is 369 g/mol. The third kappa shape index (κ3) is 3.14. The topological polar surface area (TPSA) is 92.7 Å². The highest BCUT2D eigenvalue weighted by Crippen LogP contribution is 2.28. The largest absolute Gasteiger partial charge is 0.348 e. The number of carbonyl (C=O) groups is 1. The summed E-state index contributed by atoms with van der Waals surface area (Å²) in [5, 5.41) is 11.0. The SMILES string of the molecule is O=C(Nc1nc(-c2cccs2)cs1)c1nn(-c2ccccc2)c(=O)[nH]1. The number of aromatic amines is 1. The molecule has 25 heavy (non-hydrogen) atoms. The molecular formula is C16H11N5O2S2. The lowest BCUT2D eigenvalue weighted by Gasteiger charge is -1.98. The lowest BCUT2D eigenvalue weighted by molar-refractivity contribution is 0.101. The summed E-state index contributed by atoms with van der Waals surface area (Å²) in [5.74, 6) is -0.583. The number of nitrogens with zero attached hydrogens (tertiary/aromatic N) is 3. The Morgan fingerprint density at radius 3 is 2.72 bits per heavy atom.